The normalized spacial score (nSPS) is 19.1. The lowest BCUT2D eigenvalue weighted by Crippen LogP contribution is -2.47. The van der Waals surface area contributed by atoms with Gasteiger partial charge in [-0.1, -0.05) is 23.2 Å². The van der Waals surface area contributed by atoms with Crippen LogP contribution in [0.5, 0.6) is 0 Å². The molecule has 0 radical (unpaired) electrons. The summed E-state index contributed by atoms with van der Waals surface area (Å²) in [5.74, 6) is 0. The molecule has 0 saturated carbocycles. The molecule has 1 heterocycles. The Morgan fingerprint density at radius 3 is 2.28 bits per heavy atom. The SMILES string of the molecule is CN1CCN(S(=O)(=O)c2ccc(Cl)cc2Cl)CC1. The van der Waals surface area contributed by atoms with Crippen molar-refractivity contribution in [3.05, 3.63) is 28.2 Å². The fourth-order valence-electron chi connectivity index (χ4n) is 1.85. The van der Waals surface area contributed by atoms with Gasteiger partial charge in [0.2, 0.25) is 10.0 Å². The highest BCUT2D eigenvalue weighted by atomic mass is 35.5. The van der Waals surface area contributed by atoms with Crippen LogP contribution in [0, 0.1) is 0 Å². The lowest BCUT2D eigenvalue weighted by molar-refractivity contribution is 0.222. The molecule has 0 amide bonds. The number of likely N-dealkylation sites (N-methyl/N-ethyl adjacent to an activating group) is 1. The van der Waals surface area contributed by atoms with E-state index in [9.17, 15) is 8.42 Å². The van der Waals surface area contributed by atoms with E-state index in [0.717, 1.165) is 13.1 Å². The van der Waals surface area contributed by atoms with E-state index in [-0.39, 0.29) is 9.92 Å². The first kappa shape index (κ1) is 14.1. The predicted molar refractivity (Wildman–Crippen MR) is 72.7 cm³/mol. The number of hydrogen-bond acceptors (Lipinski definition) is 3. The molecule has 0 unspecified atom stereocenters. The Morgan fingerprint density at radius 1 is 1.11 bits per heavy atom. The molecule has 2 rings (SSSR count). The van der Waals surface area contributed by atoms with E-state index in [1.165, 1.54) is 22.5 Å². The fourth-order valence-corrected chi connectivity index (χ4v) is 4.02. The fraction of sp³-hybridized carbons (Fsp3) is 0.455. The van der Waals surface area contributed by atoms with E-state index < -0.39 is 10.0 Å². The molecule has 0 aromatic heterocycles. The van der Waals surface area contributed by atoms with Gasteiger partial charge in [-0.25, -0.2) is 8.42 Å². The quantitative estimate of drug-likeness (QED) is 0.838. The Balaban J connectivity index is 2.30. The summed E-state index contributed by atoms with van der Waals surface area (Å²) in [6.45, 7) is 2.42. The van der Waals surface area contributed by atoms with E-state index in [1.807, 2.05) is 7.05 Å². The summed E-state index contributed by atoms with van der Waals surface area (Å²) in [5.41, 5.74) is 0. The van der Waals surface area contributed by atoms with E-state index >= 15 is 0 Å². The summed E-state index contributed by atoms with van der Waals surface area (Å²) >= 11 is 11.7. The van der Waals surface area contributed by atoms with Crippen LogP contribution in [0.15, 0.2) is 23.1 Å². The van der Waals surface area contributed by atoms with Crippen LogP contribution >= 0.6 is 23.2 Å². The van der Waals surface area contributed by atoms with Gasteiger partial charge in [-0.2, -0.15) is 4.31 Å². The topological polar surface area (TPSA) is 40.6 Å². The minimum atomic E-state index is -3.52. The summed E-state index contributed by atoms with van der Waals surface area (Å²) in [5, 5.41) is 0.596. The standard InChI is InChI=1S/C11H14Cl2N2O2S/c1-14-4-6-15(7-5-14)18(16,17)11-3-2-9(12)8-10(11)13/h2-3,8H,4-7H2,1H3. The lowest BCUT2D eigenvalue weighted by atomic mass is 10.4. The van der Waals surface area contributed by atoms with Gasteiger partial charge in [0.05, 0.1) is 5.02 Å². The van der Waals surface area contributed by atoms with Gasteiger partial charge in [0, 0.05) is 31.2 Å². The Kier molecular flexibility index (Phi) is 4.18. The van der Waals surface area contributed by atoms with Crippen LogP contribution < -0.4 is 0 Å². The maximum absolute atomic E-state index is 12.4. The predicted octanol–water partition coefficient (Wildman–Crippen LogP) is 1.93. The van der Waals surface area contributed by atoms with Crippen LogP contribution in [0.2, 0.25) is 10.0 Å². The second kappa shape index (κ2) is 5.35. The molecular weight excluding hydrogens is 295 g/mol. The van der Waals surface area contributed by atoms with Crippen LogP contribution in [0.3, 0.4) is 0 Å². The number of halogens is 2. The Labute approximate surface area is 117 Å². The molecule has 1 fully saturated rings. The third-order valence-electron chi connectivity index (χ3n) is 2.97. The molecule has 18 heavy (non-hydrogen) atoms. The second-order valence-electron chi connectivity index (χ2n) is 4.28. The van der Waals surface area contributed by atoms with Crippen molar-refractivity contribution in [1.29, 1.82) is 0 Å². The largest absolute Gasteiger partial charge is 0.304 e. The number of nitrogens with zero attached hydrogens (tertiary/aromatic N) is 2. The van der Waals surface area contributed by atoms with Crippen molar-refractivity contribution in [2.75, 3.05) is 33.2 Å². The molecule has 1 saturated heterocycles. The van der Waals surface area contributed by atoms with Crippen LogP contribution in [-0.4, -0.2) is 50.8 Å². The van der Waals surface area contributed by atoms with Gasteiger partial charge in [0.15, 0.2) is 0 Å². The van der Waals surface area contributed by atoms with Crippen molar-refractivity contribution in [2.24, 2.45) is 0 Å². The first-order valence-corrected chi connectivity index (χ1v) is 7.74. The van der Waals surface area contributed by atoms with Gasteiger partial charge >= 0.3 is 0 Å². The zero-order valence-electron chi connectivity index (χ0n) is 9.94. The zero-order chi connectivity index (χ0) is 13.3. The van der Waals surface area contributed by atoms with Crippen molar-refractivity contribution < 1.29 is 8.42 Å². The van der Waals surface area contributed by atoms with Gasteiger partial charge < -0.3 is 4.90 Å². The monoisotopic (exact) mass is 308 g/mol. The molecule has 0 spiro atoms. The highest BCUT2D eigenvalue weighted by molar-refractivity contribution is 7.89. The third kappa shape index (κ3) is 2.81. The van der Waals surface area contributed by atoms with Crippen LogP contribution in [0.25, 0.3) is 0 Å². The highest BCUT2D eigenvalue weighted by Gasteiger charge is 2.29. The number of piperazine rings is 1. The minimum Gasteiger partial charge on any atom is -0.304 e. The van der Waals surface area contributed by atoms with Gasteiger partial charge in [-0.15, -0.1) is 0 Å². The molecule has 0 atom stereocenters. The van der Waals surface area contributed by atoms with Crippen molar-refractivity contribution in [3.63, 3.8) is 0 Å². The first-order chi connectivity index (χ1) is 8.41. The van der Waals surface area contributed by atoms with E-state index in [1.54, 1.807) is 0 Å². The molecule has 0 bridgehead atoms. The Hall–Kier alpha value is -0.330. The first-order valence-electron chi connectivity index (χ1n) is 5.55. The summed E-state index contributed by atoms with van der Waals surface area (Å²) in [6.07, 6.45) is 0. The van der Waals surface area contributed by atoms with Crippen molar-refractivity contribution >= 4 is 33.2 Å². The smallest absolute Gasteiger partial charge is 0.244 e. The molecule has 1 aromatic rings. The zero-order valence-corrected chi connectivity index (χ0v) is 12.3. The van der Waals surface area contributed by atoms with Crippen molar-refractivity contribution in [2.45, 2.75) is 4.90 Å². The van der Waals surface area contributed by atoms with Crippen LogP contribution in [0.1, 0.15) is 0 Å². The van der Waals surface area contributed by atoms with Crippen molar-refractivity contribution in [3.8, 4) is 0 Å². The number of hydrogen-bond donors (Lipinski definition) is 0. The third-order valence-corrected chi connectivity index (χ3v) is 5.59. The molecule has 1 aliphatic rings. The molecule has 7 heteroatoms. The summed E-state index contributed by atoms with van der Waals surface area (Å²) < 4.78 is 26.3. The highest BCUT2D eigenvalue weighted by Crippen LogP contribution is 2.27. The molecule has 4 nitrogen and oxygen atoms in total. The maximum atomic E-state index is 12.4. The van der Waals surface area contributed by atoms with Crippen molar-refractivity contribution in [1.82, 2.24) is 9.21 Å². The molecule has 0 aliphatic carbocycles. The average Bonchev–Trinajstić information content (AvgIpc) is 2.29. The van der Waals surface area contributed by atoms with Gasteiger partial charge in [-0.05, 0) is 25.2 Å². The van der Waals surface area contributed by atoms with E-state index in [4.69, 9.17) is 23.2 Å². The van der Waals surface area contributed by atoms with Gasteiger partial charge in [0.1, 0.15) is 4.90 Å². The van der Waals surface area contributed by atoms with E-state index in [0.29, 0.717) is 18.1 Å². The molecule has 1 aliphatic heterocycles. The minimum absolute atomic E-state index is 0.123. The lowest BCUT2D eigenvalue weighted by Gasteiger charge is -2.31. The number of sulfonamides is 1. The Morgan fingerprint density at radius 2 is 1.72 bits per heavy atom. The second-order valence-corrected chi connectivity index (χ2v) is 7.03. The summed E-state index contributed by atoms with van der Waals surface area (Å²) in [4.78, 5) is 2.22. The van der Waals surface area contributed by atoms with Crippen LogP contribution in [-0.2, 0) is 10.0 Å². The number of benzene rings is 1. The number of rotatable bonds is 2. The van der Waals surface area contributed by atoms with Gasteiger partial charge in [-0.3, -0.25) is 0 Å². The van der Waals surface area contributed by atoms with Crippen LogP contribution in [0.4, 0.5) is 0 Å². The maximum Gasteiger partial charge on any atom is 0.244 e. The molecule has 1 aromatic carbocycles. The summed E-state index contributed by atoms with van der Waals surface area (Å²) in [6, 6.07) is 4.45. The molecule has 100 valence electrons. The van der Waals surface area contributed by atoms with E-state index in [2.05, 4.69) is 4.90 Å². The van der Waals surface area contributed by atoms with Gasteiger partial charge in [0.25, 0.3) is 0 Å². The molecular formula is C11H14Cl2N2O2S. The average molecular weight is 309 g/mol. The molecule has 0 N–H and O–H groups in total. The summed E-state index contributed by atoms with van der Waals surface area (Å²) in [7, 11) is -1.55. The Bertz CT molecular complexity index is 540.